The minimum atomic E-state index is -0.844. The summed E-state index contributed by atoms with van der Waals surface area (Å²) in [5.74, 6) is -0.0734. The molecule has 2 saturated carbocycles. The number of rotatable bonds is 3. The molecule has 5 heteroatoms. The Morgan fingerprint density at radius 2 is 2.04 bits per heavy atom. The van der Waals surface area contributed by atoms with Crippen molar-refractivity contribution < 1.29 is 24.9 Å². The van der Waals surface area contributed by atoms with Gasteiger partial charge in [-0.05, 0) is 49.4 Å². The highest BCUT2D eigenvalue weighted by atomic mass is 16.6. The monoisotopic (exact) mass is 350 g/mol. The lowest BCUT2D eigenvalue weighted by atomic mass is 9.46. The Bertz CT molecular complexity index is 597. The molecule has 3 N–H and O–H groups in total. The second-order valence-corrected chi connectivity index (χ2v) is 8.54. The third-order valence-electron chi connectivity index (χ3n) is 7.23. The molecular formula is C20H30O5. The molecular weight excluding hydrogens is 320 g/mol. The van der Waals surface area contributed by atoms with E-state index in [0.717, 1.165) is 24.8 Å². The normalized spacial score (nSPS) is 46.2. The van der Waals surface area contributed by atoms with Gasteiger partial charge in [0.25, 0.3) is 0 Å². The van der Waals surface area contributed by atoms with E-state index in [0.29, 0.717) is 18.4 Å². The molecule has 140 valence electrons. The van der Waals surface area contributed by atoms with Crippen molar-refractivity contribution in [3.63, 3.8) is 0 Å². The van der Waals surface area contributed by atoms with Gasteiger partial charge in [-0.15, -0.1) is 0 Å². The fourth-order valence-electron chi connectivity index (χ4n) is 5.56. The summed E-state index contributed by atoms with van der Waals surface area (Å²) in [5.41, 5.74) is 0.911. The Morgan fingerprint density at radius 3 is 2.64 bits per heavy atom. The largest absolute Gasteiger partial charge is 0.459 e. The summed E-state index contributed by atoms with van der Waals surface area (Å²) in [6, 6.07) is 0. The third-order valence-corrected chi connectivity index (χ3v) is 7.23. The number of hydrogen-bond donors (Lipinski definition) is 3. The summed E-state index contributed by atoms with van der Waals surface area (Å²) in [5, 5.41) is 30.4. The van der Waals surface area contributed by atoms with Crippen molar-refractivity contribution >= 4 is 5.97 Å². The first kappa shape index (κ1) is 18.6. The van der Waals surface area contributed by atoms with Gasteiger partial charge < -0.3 is 20.1 Å². The number of aliphatic hydroxyl groups excluding tert-OH is 3. The van der Waals surface area contributed by atoms with Crippen molar-refractivity contribution in [2.45, 2.75) is 58.2 Å². The number of allylic oxidation sites excluding steroid dienone is 2. The Morgan fingerprint density at radius 1 is 1.32 bits per heavy atom. The summed E-state index contributed by atoms with van der Waals surface area (Å²) in [4.78, 5) is 11.8. The number of cyclic esters (lactones) is 1. The van der Waals surface area contributed by atoms with Crippen LogP contribution < -0.4 is 0 Å². The van der Waals surface area contributed by atoms with Gasteiger partial charge in [0.05, 0.1) is 18.3 Å². The van der Waals surface area contributed by atoms with E-state index in [4.69, 9.17) is 4.74 Å². The smallest absolute Gasteiger partial charge is 0.336 e. The topological polar surface area (TPSA) is 87.0 Å². The molecule has 0 radical (unpaired) electrons. The van der Waals surface area contributed by atoms with Gasteiger partial charge in [-0.1, -0.05) is 32.1 Å². The van der Waals surface area contributed by atoms with Gasteiger partial charge >= 0.3 is 5.97 Å². The van der Waals surface area contributed by atoms with Crippen LogP contribution in [0, 0.1) is 22.7 Å². The van der Waals surface area contributed by atoms with E-state index in [-0.39, 0.29) is 30.5 Å². The second kappa shape index (κ2) is 6.53. The predicted octanol–water partition coefficient (Wildman–Crippen LogP) is 1.96. The molecule has 3 fully saturated rings. The lowest BCUT2D eigenvalue weighted by Crippen LogP contribution is -2.57. The van der Waals surface area contributed by atoms with Gasteiger partial charge in [-0.3, -0.25) is 0 Å². The highest BCUT2D eigenvalue weighted by Crippen LogP contribution is 2.61. The lowest BCUT2D eigenvalue weighted by molar-refractivity contribution is -0.151. The average molecular weight is 350 g/mol. The number of ether oxygens (including phenoxy) is 1. The van der Waals surface area contributed by atoms with Crippen molar-refractivity contribution in [1.29, 1.82) is 0 Å². The van der Waals surface area contributed by atoms with Crippen LogP contribution in [0.5, 0.6) is 0 Å². The van der Waals surface area contributed by atoms with Crippen LogP contribution in [0.3, 0.4) is 0 Å². The van der Waals surface area contributed by atoms with E-state index in [1.165, 1.54) is 0 Å². The SMILES string of the molecule is C=C1CC[C@@H]2[C@](C)(CO)[C@H](O)CC[C@@]2(C)[C@@H]1C/C=C1/C(=O)OC[C@@H]1O. The van der Waals surface area contributed by atoms with E-state index < -0.39 is 23.6 Å². The molecule has 0 aromatic rings. The van der Waals surface area contributed by atoms with E-state index in [2.05, 4.69) is 13.5 Å². The van der Waals surface area contributed by atoms with Crippen LogP contribution in [0.15, 0.2) is 23.8 Å². The summed E-state index contributed by atoms with van der Waals surface area (Å²) in [6.07, 6.45) is 4.42. The third kappa shape index (κ3) is 2.86. The molecule has 0 unspecified atom stereocenters. The number of hydrogen-bond acceptors (Lipinski definition) is 5. The fourth-order valence-corrected chi connectivity index (χ4v) is 5.56. The van der Waals surface area contributed by atoms with Crippen molar-refractivity contribution in [3.05, 3.63) is 23.8 Å². The van der Waals surface area contributed by atoms with Gasteiger partial charge in [0.15, 0.2) is 0 Å². The molecule has 1 aliphatic heterocycles. The van der Waals surface area contributed by atoms with Crippen LogP contribution in [-0.4, -0.2) is 46.7 Å². The van der Waals surface area contributed by atoms with E-state index in [1.54, 1.807) is 0 Å². The van der Waals surface area contributed by atoms with Gasteiger partial charge in [0.1, 0.15) is 12.7 Å². The number of esters is 1. The van der Waals surface area contributed by atoms with Crippen LogP contribution in [0.2, 0.25) is 0 Å². The van der Waals surface area contributed by atoms with Gasteiger partial charge in [0.2, 0.25) is 0 Å². The molecule has 25 heavy (non-hydrogen) atoms. The molecule has 0 aromatic carbocycles. The first-order chi connectivity index (χ1) is 11.7. The molecule has 0 aromatic heterocycles. The lowest BCUT2D eigenvalue weighted by Gasteiger charge is -2.59. The summed E-state index contributed by atoms with van der Waals surface area (Å²) >= 11 is 0. The van der Waals surface area contributed by atoms with Crippen molar-refractivity contribution in [1.82, 2.24) is 0 Å². The molecule has 2 aliphatic carbocycles. The number of carbonyl (C=O) groups is 1. The quantitative estimate of drug-likeness (QED) is 0.411. The summed E-state index contributed by atoms with van der Waals surface area (Å²) in [6.45, 7) is 8.50. The summed E-state index contributed by atoms with van der Waals surface area (Å²) in [7, 11) is 0. The van der Waals surface area contributed by atoms with Gasteiger partial charge in [-0.25, -0.2) is 4.79 Å². The maximum absolute atomic E-state index is 11.8. The average Bonchev–Trinajstić information content (AvgIpc) is 2.89. The molecule has 0 amide bonds. The highest BCUT2D eigenvalue weighted by molar-refractivity contribution is 5.91. The maximum atomic E-state index is 11.8. The number of aliphatic hydroxyl groups is 3. The maximum Gasteiger partial charge on any atom is 0.336 e. The van der Waals surface area contributed by atoms with Gasteiger partial charge in [-0.2, -0.15) is 0 Å². The van der Waals surface area contributed by atoms with Gasteiger partial charge in [0, 0.05) is 5.41 Å². The number of carbonyl (C=O) groups excluding carboxylic acids is 1. The van der Waals surface area contributed by atoms with Crippen LogP contribution in [0.25, 0.3) is 0 Å². The second-order valence-electron chi connectivity index (χ2n) is 8.54. The standard InChI is InChI=1S/C20H30O5/c1-12-4-7-16-19(2,9-8-17(23)20(16,3)11-21)14(12)6-5-13-15(22)10-25-18(13)24/h5,14-17,21-23H,1,4,6-11H2,2-3H3/b13-5+/t14-,15+,16+,17-,19+,20+/m1/s1. The molecule has 6 atom stereocenters. The molecule has 5 nitrogen and oxygen atoms in total. The molecule has 1 saturated heterocycles. The molecule has 3 rings (SSSR count). The zero-order valence-corrected chi connectivity index (χ0v) is 15.2. The van der Waals surface area contributed by atoms with Crippen LogP contribution in [-0.2, 0) is 9.53 Å². The molecule has 0 spiro atoms. The van der Waals surface area contributed by atoms with Crippen molar-refractivity contribution in [2.75, 3.05) is 13.2 Å². The summed E-state index contributed by atoms with van der Waals surface area (Å²) < 4.78 is 4.90. The molecule has 0 bridgehead atoms. The number of fused-ring (bicyclic) bond motifs is 1. The first-order valence-corrected chi connectivity index (χ1v) is 9.26. The Hall–Kier alpha value is -1.17. The Balaban J connectivity index is 1.89. The fraction of sp³-hybridized carbons (Fsp3) is 0.750. The highest BCUT2D eigenvalue weighted by Gasteiger charge is 2.57. The van der Waals surface area contributed by atoms with Crippen LogP contribution in [0.4, 0.5) is 0 Å². The molecule has 3 aliphatic rings. The minimum absolute atomic E-state index is 0.0280. The first-order valence-electron chi connectivity index (χ1n) is 9.26. The van der Waals surface area contributed by atoms with E-state index in [9.17, 15) is 20.1 Å². The zero-order chi connectivity index (χ0) is 18.4. The van der Waals surface area contributed by atoms with Crippen molar-refractivity contribution in [2.24, 2.45) is 22.7 Å². The van der Waals surface area contributed by atoms with E-state index in [1.807, 2.05) is 13.0 Å². The zero-order valence-electron chi connectivity index (χ0n) is 15.2. The van der Waals surface area contributed by atoms with Crippen LogP contribution in [0.1, 0.15) is 46.0 Å². The van der Waals surface area contributed by atoms with E-state index >= 15 is 0 Å². The predicted molar refractivity (Wildman–Crippen MR) is 93.6 cm³/mol. The minimum Gasteiger partial charge on any atom is -0.459 e. The molecule has 1 heterocycles. The van der Waals surface area contributed by atoms with Crippen LogP contribution >= 0.6 is 0 Å². The Kier molecular flexibility index (Phi) is 4.86. The van der Waals surface area contributed by atoms with Crippen molar-refractivity contribution in [3.8, 4) is 0 Å². The Labute approximate surface area is 149 Å².